The second kappa shape index (κ2) is 5.63. The van der Waals surface area contributed by atoms with Crippen molar-refractivity contribution >= 4 is 0 Å². The summed E-state index contributed by atoms with van der Waals surface area (Å²) in [7, 11) is 0. The van der Waals surface area contributed by atoms with E-state index in [4.69, 9.17) is 0 Å². The third-order valence-electron chi connectivity index (χ3n) is 4.06. The third kappa shape index (κ3) is 3.06. The van der Waals surface area contributed by atoms with Crippen LogP contribution >= 0.6 is 0 Å². The number of pyridine rings is 1. The Kier molecular flexibility index (Phi) is 4.16. The van der Waals surface area contributed by atoms with Crippen molar-refractivity contribution in [3.05, 3.63) is 30.1 Å². The highest BCUT2D eigenvalue weighted by molar-refractivity contribution is 5.12. The predicted octanol–water partition coefficient (Wildman–Crippen LogP) is 3.21. The molecule has 1 fully saturated rings. The molecule has 0 saturated heterocycles. The van der Waals surface area contributed by atoms with Gasteiger partial charge in [0.2, 0.25) is 0 Å². The highest BCUT2D eigenvalue weighted by atomic mass is 14.9. The first-order valence-electron chi connectivity index (χ1n) is 6.88. The Balaban J connectivity index is 2.09. The average Bonchev–Trinajstić information content (AvgIpc) is 3.20. The third-order valence-corrected chi connectivity index (χ3v) is 4.06. The first kappa shape index (κ1) is 12.6. The van der Waals surface area contributed by atoms with Crippen LogP contribution in [0.2, 0.25) is 0 Å². The molecular formula is C15H24N2. The molecule has 3 atom stereocenters. The number of hydrogen-bond acceptors (Lipinski definition) is 2. The molecule has 0 bridgehead atoms. The molecular weight excluding hydrogens is 208 g/mol. The van der Waals surface area contributed by atoms with E-state index in [1.165, 1.54) is 18.5 Å². The Hall–Kier alpha value is -0.890. The minimum absolute atomic E-state index is 0.492. The molecule has 1 heterocycles. The Bertz CT molecular complexity index is 332. The summed E-state index contributed by atoms with van der Waals surface area (Å²) < 4.78 is 0. The molecule has 0 aromatic carbocycles. The van der Waals surface area contributed by atoms with Crippen LogP contribution in [0, 0.1) is 11.8 Å². The van der Waals surface area contributed by atoms with Crippen LogP contribution in [0.4, 0.5) is 0 Å². The second-order valence-corrected chi connectivity index (χ2v) is 5.32. The summed E-state index contributed by atoms with van der Waals surface area (Å²) >= 11 is 0. The lowest BCUT2D eigenvalue weighted by Gasteiger charge is -2.30. The summed E-state index contributed by atoms with van der Waals surface area (Å²) in [5, 5.41) is 3.66. The molecule has 1 aromatic heterocycles. The first-order chi connectivity index (χ1) is 8.24. The molecule has 0 spiro atoms. The van der Waals surface area contributed by atoms with Crippen molar-refractivity contribution < 1.29 is 0 Å². The summed E-state index contributed by atoms with van der Waals surface area (Å²) in [6.07, 6.45) is 4.73. The van der Waals surface area contributed by atoms with Crippen LogP contribution in [0.5, 0.6) is 0 Å². The fourth-order valence-electron chi connectivity index (χ4n) is 2.80. The van der Waals surface area contributed by atoms with Gasteiger partial charge in [0.15, 0.2) is 0 Å². The Morgan fingerprint density at radius 1 is 1.35 bits per heavy atom. The molecule has 0 radical (unpaired) electrons. The standard InChI is InChI=1S/C15H24N2/c1-4-16-15(11(2)13-8-9-13)12(3)14-7-5-6-10-17-14/h5-7,10-13,15-16H,4,8-9H2,1-3H3. The normalized spacial score (nSPS) is 20.9. The van der Waals surface area contributed by atoms with E-state index in [1.807, 2.05) is 12.3 Å². The summed E-state index contributed by atoms with van der Waals surface area (Å²) in [6, 6.07) is 6.78. The lowest BCUT2D eigenvalue weighted by atomic mass is 9.85. The van der Waals surface area contributed by atoms with Gasteiger partial charge in [-0.15, -0.1) is 0 Å². The van der Waals surface area contributed by atoms with Gasteiger partial charge in [0, 0.05) is 23.9 Å². The van der Waals surface area contributed by atoms with E-state index in [0.717, 1.165) is 18.4 Å². The van der Waals surface area contributed by atoms with Gasteiger partial charge < -0.3 is 5.32 Å². The molecule has 17 heavy (non-hydrogen) atoms. The topological polar surface area (TPSA) is 24.9 Å². The van der Waals surface area contributed by atoms with Crippen molar-refractivity contribution in [1.29, 1.82) is 0 Å². The maximum Gasteiger partial charge on any atom is 0.0447 e. The van der Waals surface area contributed by atoms with E-state index in [9.17, 15) is 0 Å². The van der Waals surface area contributed by atoms with Crippen molar-refractivity contribution in [3.8, 4) is 0 Å². The molecule has 2 rings (SSSR count). The zero-order valence-corrected chi connectivity index (χ0v) is 11.2. The van der Waals surface area contributed by atoms with Crippen molar-refractivity contribution in [2.24, 2.45) is 11.8 Å². The first-order valence-corrected chi connectivity index (χ1v) is 6.88. The van der Waals surface area contributed by atoms with Gasteiger partial charge in [-0.3, -0.25) is 4.98 Å². The second-order valence-electron chi connectivity index (χ2n) is 5.32. The van der Waals surface area contributed by atoms with Crippen LogP contribution < -0.4 is 5.32 Å². The summed E-state index contributed by atoms with van der Waals surface area (Å²) in [5.41, 5.74) is 1.21. The molecule has 2 heteroatoms. The van der Waals surface area contributed by atoms with Gasteiger partial charge in [0.25, 0.3) is 0 Å². The van der Waals surface area contributed by atoms with E-state index in [0.29, 0.717) is 12.0 Å². The highest BCUT2D eigenvalue weighted by Gasteiger charge is 2.35. The number of rotatable bonds is 6. The molecule has 0 aliphatic heterocycles. The van der Waals surface area contributed by atoms with Gasteiger partial charge in [-0.25, -0.2) is 0 Å². The fourth-order valence-corrected chi connectivity index (χ4v) is 2.80. The maximum absolute atomic E-state index is 4.50. The Labute approximate surface area is 105 Å². The van der Waals surface area contributed by atoms with Gasteiger partial charge >= 0.3 is 0 Å². The SMILES string of the molecule is CCNC(C(C)c1ccccn1)C(C)C1CC1. The molecule has 1 aliphatic rings. The largest absolute Gasteiger partial charge is 0.313 e. The smallest absolute Gasteiger partial charge is 0.0447 e. The van der Waals surface area contributed by atoms with E-state index >= 15 is 0 Å². The molecule has 0 amide bonds. The summed E-state index contributed by atoms with van der Waals surface area (Å²) in [6.45, 7) is 7.93. The molecule has 1 aliphatic carbocycles. The fraction of sp³-hybridized carbons (Fsp3) is 0.667. The summed E-state index contributed by atoms with van der Waals surface area (Å²) in [5.74, 6) is 2.18. The monoisotopic (exact) mass is 232 g/mol. The Morgan fingerprint density at radius 3 is 2.65 bits per heavy atom. The number of likely N-dealkylation sites (N-methyl/N-ethyl adjacent to an activating group) is 1. The average molecular weight is 232 g/mol. The van der Waals surface area contributed by atoms with Crippen molar-refractivity contribution in [2.75, 3.05) is 6.54 Å². The van der Waals surface area contributed by atoms with Crippen LogP contribution in [0.25, 0.3) is 0 Å². The quantitative estimate of drug-likeness (QED) is 0.814. The zero-order valence-electron chi connectivity index (χ0n) is 11.2. The van der Waals surface area contributed by atoms with Crippen LogP contribution in [0.1, 0.15) is 45.2 Å². The molecule has 3 unspecified atom stereocenters. The van der Waals surface area contributed by atoms with Crippen LogP contribution in [-0.4, -0.2) is 17.6 Å². The van der Waals surface area contributed by atoms with Gasteiger partial charge in [-0.2, -0.15) is 0 Å². The number of nitrogens with one attached hydrogen (secondary N) is 1. The molecule has 2 nitrogen and oxygen atoms in total. The van der Waals surface area contributed by atoms with Gasteiger partial charge in [-0.1, -0.05) is 26.8 Å². The van der Waals surface area contributed by atoms with Gasteiger partial charge in [-0.05, 0) is 43.4 Å². The molecule has 94 valence electrons. The van der Waals surface area contributed by atoms with Crippen LogP contribution in [0.3, 0.4) is 0 Å². The molecule has 1 N–H and O–H groups in total. The molecule has 1 saturated carbocycles. The number of aromatic nitrogens is 1. The van der Waals surface area contributed by atoms with Gasteiger partial charge in [0.1, 0.15) is 0 Å². The number of nitrogens with zero attached hydrogens (tertiary/aromatic N) is 1. The van der Waals surface area contributed by atoms with E-state index in [1.54, 1.807) is 0 Å². The van der Waals surface area contributed by atoms with E-state index in [2.05, 4.69) is 43.2 Å². The van der Waals surface area contributed by atoms with E-state index in [-0.39, 0.29) is 0 Å². The lowest BCUT2D eigenvalue weighted by molar-refractivity contribution is 0.307. The summed E-state index contributed by atoms with van der Waals surface area (Å²) in [4.78, 5) is 4.50. The van der Waals surface area contributed by atoms with Gasteiger partial charge in [0.05, 0.1) is 0 Å². The Morgan fingerprint density at radius 2 is 2.12 bits per heavy atom. The minimum atomic E-state index is 0.492. The maximum atomic E-state index is 4.50. The lowest BCUT2D eigenvalue weighted by Crippen LogP contribution is -2.40. The number of hydrogen-bond donors (Lipinski definition) is 1. The van der Waals surface area contributed by atoms with Crippen molar-refractivity contribution in [1.82, 2.24) is 10.3 Å². The predicted molar refractivity (Wildman–Crippen MR) is 72.0 cm³/mol. The van der Waals surface area contributed by atoms with E-state index < -0.39 is 0 Å². The van der Waals surface area contributed by atoms with Crippen molar-refractivity contribution in [3.63, 3.8) is 0 Å². The zero-order chi connectivity index (χ0) is 12.3. The highest BCUT2D eigenvalue weighted by Crippen LogP contribution is 2.41. The van der Waals surface area contributed by atoms with Crippen LogP contribution in [-0.2, 0) is 0 Å². The minimum Gasteiger partial charge on any atom is -0.313 e. The van der Waals surface area contributed by atoms with Crippen molar-refractivity contribution in [2.45, 2.75) is 45.6 Å². The molecule has 1 aromatic rings. The van der Waals surface area contributed by atoms with Crippen LogP contribution in [0.15, 0.2) is 24.4 Å².